The van der Waals surface area contributed by atoms with E-state index in [-0.39, 0.29) is 12.1 Å². The fraction of sp³-hybridized carbons (Fsp3) is 0.120. The van der Waals surface area contributed by atoms with Gasteiger partial charge in [-0.3, -0.25) is 0 Å². The Labute approximate surface area is 465 Å². The van der Waals surface area contributed by atoms with Crippen LogP contribution in [-0.2, 0) is 11.8 Å². The third kappa shape index (κ3) is 8.55. The van der Waals surface area contributed by atoms with Gasteiger partial charge in [0.1, 0.15) is 11.5 Å². The second-order valence-electron chi connectivity index (χ2n) is 22.6. The van der Waals surface area contributed by atoms with Crippen LogP contribution in [0.1, 0.15) is 58.1 Å². The van der Waals surface area contributed by atoms with Crippen LogP contribution in [0.3, 0.4) is 0 Å². The lowest BCUT2D eigenvalue weighted by molar-refractivity contribution is 0.486. The third-order valence-electron chi connectivity index (χ3n) is 16.6. The fourth-order valence-corrected chi connectivity index (χ4v) is 12.6. The monoisotopic (exact) mass is 1020 g/mol. The van der Waals surface area contributed by atoms with Gasteiger partial charge in [0.25, 0.3) is 6.71 Å². The van der Waals surface area contributed by atoms with E-state index in [2.05, 4.69) is 286 Å². The lowest BCUT2D eigenvalue weighted by atomic mass is 9.34. The van der Waals surface area contributed by atoms with Crippen molar-refractivity contribution in [3.05, 3.63) is 260 Å². The zero-order valence-corrected chi connectivity index (χ0v) is 45.4. The molecule has 0 atom stereocenters. The number of benzene rings is 11. The molecule has 0 amide bonds. The average Bonchev–Trinajstić information content (AvgIpc) is 3.98. The van der Waals surface area contributed by atoms with E-state index >= 15 is 0 Å². The molecule has 3 heterocycles. The largest absolute Gasteiger partial charge is 0.458 e. The Morgan fingerprint density at radius 3 is 1.48 bits per heavy atom. The van der Waals surface area contributed by atoms with Gasteiger partial charge in [0.05, 0.1) is 16.7 Å². The molecule has 79 heavy (non-hydrogen) atoms. The van der Waals surface area contributed by atoms with Gasteiger partial charge < -0.3 is 14.2 Å². The number of anilines is 3. The topological polar surface area (TPSA) is 17.4 Å². The van der Waals surface area contributed by atoms with E-state index in [0.29, 0.717) is 0 Å². The molecule has 0 spiro atoms. The molecule has 0 N–H and O–H groups in total. The first-order valence-corrected chi connectivity index (χ1v) is 28.2. The van der Waals surface area contributed by atoms with Crippen molar-refractivity contribution >= 4 is 62.0 Å². The van der Waals surface area contributed by atoms with Gasteiger partial charge in [-0.1, -0.05) is 235 Å². The maximum Gasteiger partial charge on any atom is 0.256 e. The van der Waals surface area contributed by atoms with E-state index in [9.17, 15) is 0 Å². The van der Waals surface area contributed by atoms with Crippen molar-refractivity contribution in [3.8, 4) is 72.8 Å². The molecule has 12 aromatic rings. The summed E-state index contributed by atoms with van der Waals surface area (Å²) in [5.41, 5.74) is 24.8. The number of rotatable bonds is 11. The molecule has 0 bridgehead atoms. The first kappa shape index (κ1) is 48.3. The molecule has 11 aromatic carbocycles. The highest BCUT2D eigenvalue weighted by atomic mass is 16.5. The van der Waals surface area contributed by atoms with Crippen molar-refractivity contribution < 1.29 is 4.74 Å². The standard InChI is InChI=1S/C75H61BN2O/c1-5-6-10-21-50-44-70-73-72(45-50)79-71-43-40-58(53-26-15-9-16-27-53)46-66(71)76(73)65-42-41-60(77-67-30-19-17-28-61(67)62-29-18-20-31-68(62)77)49-69(65)78(70)74-63(56-36-32-54(33-37-56)51-22-11-7-12-23-51)47-59(75(2,3)4)48-64(74)57-38-34-55(35-39-57)52-24-13-8-14-25-52/h7-9,11-20,22-49H,5-6,10,21H2,1-4H3. The van der Waals surface area contributed by atoms with Crippen LogP contribution >= 0.6 is 0 Å². The summed E-state index contributed by atoms with van der Waals surface area (Å²) in [4.78, 5) is 2.66. The zero-order chi connectivity index (χ0) is 53.2. The first-order valence-electron chi connectivity index (χ1n) is 28.2. The molecule has 4 heteroatoms. The number of aryl methyl sites for hydroxylation is 1. The Morgan fingerprint density at radius 2 is 0.924 bits per heavy atom. The molecule has 0 saturated carbocycles. The molecule has 0 aliphatic carbocycles. The molecule has 0 saturated heterocycles. The molecule has 1 aromatic heterocycles. The van der Waals surface area contributed by atoms with Gasteiger partial charge in [0, 0.05) is 39.0 Å². The van der Waals surface area contributed by atoms with Crippen molar-refractivity contribution in [3.63, 3.8) is 0 Å². The summed E-state index contributed by atoms with van der Waals surface area (Å²) in [6, 6.07) is 92.6. The second kappa shape index (κ2) is 19.7. The van der Waals surface area contributed by atoms with Crippen LogP contribution in [0.15, 0.2) is 249 Å². The van der Waals surface area contributed by atoms with Crippen LogP contribution in [0.5, 0.6) is 11.5 Å². The summed E-state index contributed by atoms with van der Waals surface area (Å²) >= 11 is 0. The Bertz CT molecular complexity index is 4090. The summed E-state index contributed by atoms with van der Waals surface area (Å²) in [5, 5.41) is 2.48. The van der Waals surface area contributed by atoms with Gasteiger partial charge in [-0.2, -0.15) is 0 Å². The van der Waals surface area contributed by atoms with Crippen LogP contribution < -0.4 is 26.0 Å². The third-order valence-corrected chi connectivity index (χ3v) is 16.6. The van der Waals surface area contributed by atoms with Crippen molar-refractivity contribution in [2.24, 2.45) is 0 Å². The molecule has 0 fully saturated rings. The SMILES string of the molecule is CCCCCc1cc2c3c(c1)N(c1c(-c4ccc(-c5ccccc5)cc4)cc(C(C)(C)C)cc1-c1ccc(-c4ccccc4)cc1)c1cc(-n4c5ccccc5c5ccccc54)ccc1B3c1cc(-c3ccccc3)ccc1O2. The number of unbranched alkanes of at least 4 members (excludes halogenated alkanes) is 2. The molecule has 380 valence electrons. The molecule has 0 radical (unpaired) electrons. The maximum absolute atomic E-state index is 7.31. The highest BCUT2D eigenvalue weighted by Crippen LogP contribution is 2.52. The number of hydrogen-bond donors (Lipinski definition) is 0. The predicted molar refractivity (Wildman–Crippen MR) is 336 cm³/mol. The van der Waals surface area contributed by atoms with Crippen LogP contribution in [0.2, 0.25) is 0 Å². The molecule has 14 rings (SSSR count). The number of nitrogens with zero attached hydrogens (tertiary/aromatic N) is 2. The Morgan fingerprint density at radius 1 is 0.418 bits per heavy atom. The Kier molecular flexibility index (Phi) is 12.0. The predicted octanol–water partition coefficient (Wildman–Crippen LogP) is 18.6. The highest BCUT2D eigenvalue weighted by Gasteiger charge is 2.44. The van der Waals surface area contributed by atoms with Gasteiger partial charge in [-0.25, -0.2) is 0 Å². The summed E-state index contributed by atoms with van der Waals surface area (Å²) in [6.07, 6.45) is 4.37. The van der Waals surface area contributed by atoms with E-state index in [4.69, 9.17) is 4.74 Å². The van der Waals surface area contributed by atoms with Crippen LogP contribution in [-0.4, -0.2) is 11.3 Å². The average molecular weight is 1020 g/mol. The molecular formula is C75H61BN2O. The van der Waals surface area contributed by atoms with E-state index in [1.165, 1.54) is 93.8 Å². The highest BCUT2D eigenvalue weighted by molar-refractivity contribution is 6.99. The first-order chi connectivity index (χ1) is 38.8. The Balaban J connectivity index is 1.10. The van der Waals surface area contributed by atoms with Gasteiger partial charge >= 0.3 is 0 Å². The summed E-state index contributed by atoms with van der Waals surface area (Å²) in [7, 11) is 0. The van der Waals surface area contributed by atoms with E-state index in [0.717, 1.165) is 71.1 Å². The maximum atomic E-state index is 7.31. The van der Waals surface area contributed by atoms with Crippen LogP contribution in [0.4, 0.5) is 17.1 Å². The Hall–Kier alpha value is -9.12. The van der Waals surface area contributed by atoms with Crippen LogP contribution in [0, 0.1) is 0 Å². The minimum Gasteiger partial charge on any atom is -0.458 e. The molecule has 2 aliphatic heterocycles. The van der Waals surface area contributed by atoms with Gasteiger partial charge in [0.15, 0.2) is 0 Å². The second-order valence-corrected chi connectivity index (χ2v) is 22.6. The minimum absolute atomic E-state index is 0.114. The van der Waals surface area contributed by atoms with Crippen molar-refractivity contribution in [2.75, 3.05) is 4.90 Å². The van der Waals surface area contributed by atoms with Crippen molar-refractivity contribution in [1.29, 1.82) is 0 Å². The number of ether oxygens (including phenoxy) is 1. The number of aromatic nitrogens is 1. The van der Waals surface area contributed by atoms with Gasteiger partial charge in [-0.05, 0) is 145 Å². The van der Waals surface area contributed by atoms with E-state index in [1.807, 2.05) is 0 Å². The molecule has 3 nitrogen and oxygen atoms in total. The molecular weight excluding hydrogens is 956 g/mol. The van der Waals surface area contributed by atoms with Gasteiger partial charge in [0.2, 0.25) is 0 Å². The van der Waals surface area contributed by atoms with E-state index in [1.54, 1.807) is 0 Å². The summed E-state index contributed by atoms with van der Waals surface area (Å²) < 4.78 is 9.79. The number of fused-ring (bicyclic) bond motifs is 7. The summed E-state index contributed by atoms with van der Waals surface area (Å²) in [6.45, 7) is 9.22. The van der Waals surface area contributed by atoms with E-state index < -0.39 is 0 Å². The van der Waals surface area contributed by atoms with Crippen LogP contribution in [0.25, 0.3) is 83.1 Å². The zero-order valence-electron chi connectivity index (χ0n) is 45.4. The lowest BCUT2D eigenvalue weighted by Crippen LogP contribution is -2.59. The molecule has 2 aliphatic rings. The van der Waals surface area contributed by atoms with Crippen molar-refractivity contribution in [1.82, 2.24) is 4.57 Å². The number of hydrogen-bond acceptors (Lipinski definition) is 2. The van der Waals surface area contributed by atoms with Gasteiger partial charge in [-0.15, -0.1) is 0 Å². The summed E-state index contributed by atoms with van der Waals surface area (Å²) in [5.74, 6) is 1.84. The lowest BCUT2D eigenvalue weighted by Gasteiger charge is -2.42. The fourth-order valence-electron chi connectivity index (χ4n) is 12.6. The van der Waals surface area contributed by atoms with Crippen molar-refractivity contribution in [2.45, 2.75) is 58.8 Å². The minimum atomic E-state index is -0.170. The molecule has 0 unspecified atom stereocenters. The quantitative estimate of drug-likeness (QED) is 0.0949. The smallest absolute Gasteiger partial charge is 0.256 e. The normalized spacial score (nSPS) is 12.6. The number of para-hydroxylation sites is 2.